The van der Waals surface area contributed by atoms with E-state index in [0.29, 0.717) is 48.7 Å². The Kier molecular flexibility index (Phi) is 5.24. The van der Waals surface area contributed by atoms with Gasteiger partial charge in [-0.05, 0) is 73.1 Å². The number of hydrogen-bond acceptors (Lipinski definition) is 4. The maximum Gasteiger partial charge on any atom is 0.251 e. The minimum Gasteiger partial charge on any atom is -0.342 e. The summed E-state index contributed by atoms with van der Waals surface area (Å²) in [6.45, 7) is 0.493. The number of carbonyl (C=O) groups is 2. The van der Waals surface area contributed by atoms with Gasteiger partial charge in [-0.15, -0.1) is 0 Å². The molecule has 1 spiro atoms. The van der Waals surface area contributed by atoms with Crippen molar-refractivity contribution >= 4 is 17.6 Å². The number of carbonyl (C=O) groups excluding carboxylic acids is 2. The Hall–Kier alpha value is -4.40. The first kappa shape index (κ1) is 24.4. The zero-order valence-electron chi connectivity index (χ0n) is 22.2. The van der Waals surface area contributed by atoms with Gasteiger partial charge in [0.2, 0.25) is 5.91 Å². The molecule has 1 fully saturated rings. The fourth-order valence-corrected chi connectivity index (χ4v) is 7.11. The number of amides is 2. The second-order valence-corrected chi connectivity index (χ2v) is 11.8. The van der Waals surface area contributed by atoms with E-state index in [1.165, 1.54) is 6.07 Å². The SMILES string of the molecule is O=C(N[C@H]1C[C@@H](c2cccc(F)c2F)Cn2c(C3CC3)cnc21)c1ccc2c(c1)C[C@@]1(C2)C(=O)Nc2ncccc21. The van der Waals surface area contributed by atoms with Crippen molar-refractivity contribution in [1.82, 2.24) is 19.9 Å². The van der Waals surface area contributed by atoms with Crippen LogP contribution in [0.15, 0.2) is 60.9 Å². The zero-order valence-corrected chi connectivity index (χ0v) is 22.2. The molecule has 7 nitrogen and oxygen atoms in total. The van der Waals surface area contributed by atoms with E-state index in [-0.39, 0.29) is 17.7 Å². The number of benzene rings is 2. The molecule has 2 amide bonds. The average Bonchev–Trinajstić information content (AvgIpc) is 3.50. The highest BCUT2D eigenvalue weighted by atomic mass is 19.2. The van der Waals surface area contributed by atoms with E-state index in [1.54, 1.807) is 18.3 Å². The third-order valence-electron chi connectivity index (χ3n) is 9.32. The van der Waals surface area contributed by atoms with Gasteiger partial charge in [-0.1, -0.05) is 24.3 Å². The number of fused-ring (bicyclic) bond motifs is 4. The molecule has 0 unspecified atom stereocenters. The highest BCUT2D eigenvalue weighted by molar-refractivity contribution is 6.06. The molecule has 3 atom stereocenters. The van der Waals surface area contributed by atoms with Crippen LogP contribution in [0, 0.1) is 11.6 Å². The maximum atomic E-state index is 14.9. The Balaban J connectivity index is 1.09. The van der Waals surface area contributed by atoms with Gasteiger partial charge in [-0.25, -0.2) is 18.7 Å². The summed E-state index contributed by atoms with van der Waals surface area (Å²) in [5, 5.41) is 6.06. The molecule has 0 saturated heterocycles. The topological polar surface area (TPSA) is 88.9 Å². The molecule has 206 valence electrons. The second-order valence-electron chi connectivity index (χ2n) is 11.8. The van der Waals surface area contributed by atoms with Crippen LogP contribution >= 0.6 is 0 Å². The van der Waals surface area contributed by atoms with Crippen molar-refractivity contribution in [2.45, 2.75) is 61.9 Å². The Labute approximate surface area is 235 Å². The molecule has 41 heavy (non-hydrogen) atoms. The van der Waals surface area contributed by atoms with E-state index in [9.17, 15) is 18.4 Å². The van der Waals surface area contributed by atoms with Crippen molar-refractivity contribution in [3.8, 4) is 0 Å². The number of nitrogens with one attached hydrogen (secondary N) is 2. The van der Waals surface area contributed by atoms with Crippen LogP contribution in [0.1, 0.15) is 81.3 Å². The van der Waals surface area contributed by atoms with E-state index in [2.05, 4.69) is 25.2 Å². The summed E-state index contributed by atoms with van der Waals surface area (Å²) in [4.78, 5) is 35.7. The third kappa shape index (κ3) is 3.74. The summed E-state index contributed by atoms with van der Waals surface area (Å²) < 4.78 is 31.1. The van der Waals surface area contributed by atoms with Gasteiger partial charge in [0.15, 0.2) is 11.6 Å². The van der Waals surface area contributed by atoms with E-state index < -0.39 is 23.1 Å². The highest BCUT2D eigenvalue weighted by Crippen LogP contribution is 2.47. The first-order chi connectivity index (χ1) is 19.9. The highest BCUT2D eigenvalue weighted by Gasteiger charge is 2.51. The lowest BCUT2D eigenvalue weighted by atomic mass is 9.79. The predicted molar refractivity (Wildman–Crippen MR) is 147 cm³/mol. The van der Waals surface area contributed by atoms with Gasteiger partial charge >= 0.3 is 0 Å². The van der Waals surface area contributed by atoms with Crippen molar-refractivity contribution in [2.24, 2.45) is 0 Å². The van der Waals surface area contributed by atoms with Gasteiger partial charge in [0.25, 0.3) is 5.91 Å². The molecule has 8 rings (SSSR count). The van der Waals surface area contributed by atoms with Gasteiger partial charge in [0.1, 0.15) is 11.6 Å². The van der Waals surface area contributed by atoms with Crippen molar-refractivity contribution < 1.29 is 18.4 Å². The Morgan fingerprint density at radius 1 is 1.02 bits per heavy atom. The van der Waals surface area contributed by atoms with Crippen LogP contribution in [-0.4, -0.2) is 26.3 Å². The lowest BCUT2D eigenvalue weighted by molar-refractivity contribution is -0.120. The van der Waals surface area contributed by atoms with Gasteiger partial charge in [-0.3, -0.25) is 9.59 Å². The summed E-state index contributed by atoms with van der Waals surface area (Å²) >= 11 is 0. The molecule has 2 N–H and O–H groups in total. The first-order valence-electron chi connectivity index (χ1n) is 14.1. The monoisotopic (exact) mass is 551 g/mol. The van der Waals surface area contributed by atoms with Crippen LogP contribution in [0.25, 0.3) is 0 Å². The lowest BCUT2D eigenvalue weighted by Gasteiger charge is -2.32. The van der Waals surface area contributed by atoms with Crippen LogP contribution in [0.5, 0.6) is 0 Å². The van der Waals surface area contributed by atoms with Crippen molar-refractivity contribution in [2.75, 3.05) is 5.32 Å². The molecule has 2 aliphatic heterocycles. The zero-order chi connectivity index (χ0) is 27.9. The molecule has 4 heterocycles. The number of halogens is 2. The van der Waals surface area contributed by atoms with Crippen molar-refractivity contribution in [3.05, 3.63) is 112 Å². The number of imidazole rings is 1. The fraction of sp³-hybridized carbons (Fsp3) is 0.312. The normalized spacial score (nSPS) is 24.1. The number of aromatic nitrogens is 3. The number of nitrogens with zero attached hydrogens (tertiary/aromatic N) is 3. The predicted octanol–water partition coefficient (Wildman–Crippen LogP) is 5.08. The van der Waals surface area contributed by atoms with Crippen LogP contribution < -0.4 is 10.6 Å². The van der Waals surface area contributed by atoms with E-state index in [0.717, 1.165) is 47.1 Å². The molecule has 4 aliphatic rings. The standard InChI is InChI=1S/C32H27F2N5O2/c33-24-5-1-3-22(27(24)34)21-12-25(29-36-15-26(17-6-7-17)39(29)16-21)37-30(40)18-8-9-19-13-32(14-20(19)11-18)23-4-2-10-35-28(23)38-31(32)41/h1-5,8-11,15,17,21,25H,6-7,12-14,16H2,(H,37,40)(H,35,38,41)/t21-,25+,32-/m1/s1. The lowest BCUT2D eigenvalue weighted by Crippen LogP contribution is -2.36. The van der Waals surface area contributed by atoms with Gasteiger partial charge < -0.3 is 15.2 Å². The summed E-state index contributed by atoms with van der Waals surface area (Å²) in [6.07, 6.45) is 7.15. The molecule has 4 aromatic rings. The minimum absolute atomic E-state index is 0.0652. The van der Waals surface area contributed by atoms with Gasteiger partial charge in [0.05, 0.1) is 11.5 Å². The third-order valence-corrected chi connectivity index (χ3v) is 9.32. The number of anilines is 1. The molecule has 2 aromatic carbocycles. The molecular formula is C32H27F2N5O2. The fourth-order valence-electron chi connectivity index (χ4n) is 7.11. The van der Waals surface area contributed by atoms with E-state index in [1.807, 2.05) is 30.5 Å². The van der Waals surface area contributed by atoms with Gasteiger partial charge in [-0.2, -0.15) is 0 Å². The summed E-state index contributed by atoms with van der Waals surface area (Å²) in [6, 6.07) is 13.2. The maximum absolute atomic E-state index is 14.9. The number of pyridine rings is 1. The Bertz CT molecular complexity index is 1760. The number of rotatable bonds is 4. The van der Waals surface area contributed by atoms with Crippen LogP contribution in [-0.2, 0) is 29.6 Å². The molecule has 2 aliphatic carbocycles. The molecule has 0 radical (unpaired) electrons. The average molecular weight is 552 g/mol. The van der Waals surface area contributed by atoms with Crippen LogP contribution in [0.2, 0.25) is 0 Å². The molecular weight excluding hydrogens is 524 g/mol. The van der Waals surface area contributed by atoms with Crippen molar-refractivity contribution in [3.63, 3.8) is 0 Å². The smallest absolute Gasteiger partial charge is 0.251 e. The summed E-state index contributed by atoms with van der Waals surface area (Å²) in [5.74, 6) is -0.577. The van der Waals surface area contributed by atoms with Gasteiger partial charge in [0, 0.05) is 47.6 Å². The largest absolute Gasteiger partial charge is 0.342 e. The molecule has 2 aromatic heterocycles. The minimum atomic E-state index is -0.868. The Morgan fingerprint density at radius 2 is 1.88 bits per heavy atom. The molecule has 0 bridgehead atoms. The summed E-state index contributed by atoms with van der Waals surface area (Å²) in [7, 11) is 0. The Morgan fingerprint density at radius 3 is 2.73 bits per heavy atom. The van der Waals surface area contributed by atoms with E-state index >= 15 is 0 Å². The second kappa shape index (κ2) is 8.80. The number of hydrogen-bond donors (Lipinski definition) is 2. The summed E-state index contributed by atoms with van der Waals surface area (Å²) in [5.41, 5.74) is 4.08. The van der Waals surface area contributed by atoms with Crippen LogP contribution in [0.4, 0.5) is 14.6 Å². The molecule has 9 heteroatoms. The van der Waals surface area contributed by atoms with Crippen molar-refractivity contribution in [1.29, 1.82) is 0 Å². The van der Waals surface area contributed by atoms with Crippen LogP contribution in [0.3, 0.4) is 0 Å². The quantitative estimate of drug-likeness (QED) is 0.370. The van der Waals surface area contributed by atoms with E-state index in [4.69, 9.17) is 0 Å². The molecule has 1 saturated carbocycles. The first-order valence-corrected chi connectivity index (χ1v) is 14.1.